The maximum absolute atomic E-state index is 12.9. The molecule has 1 heterocycles. The van der Waals surface area contributed by atoms with E-state index in [1.807, 2.05) is 61.5 Å². The monoisotopic (exact) mass is 413 g/mol. The molecule has 26 heavy (non-hydrogen) atoms. The van der Waals surface area contributed by atoms with Crippen molar-refractivity contribution in [3.8, 4) is 11.4 Å². The summed E-state index contributed by atoms with van der Waals surface area (Å²) in [5.74, 6) is 0.472. The highest BCUT2D eigenvalue weighted by Gasteiger charge is 2.23. The third-order valence-corrected chi connectivity index (χ3v) is 4.67. The molecule has 1 amide bonds. The summed E-state index contributed by atoms with van der Waals surface area (Å²) < 4.78 is 0.983. The lowest BCUT2D eigenvalue weighted by molar-refractivity contribution is -0.135. The number of carbonyl (C=O) groups excluding carboxylic acids is 1. The van der Waals surface area contributed by atoms with Crippen LogP contribution in [0, 0.1) is 0 Å². The molecule has 7 heteroatoms. The van der Waals surface area contributed by atoms with Crippen LogP contribution in [0.3, 0.4) is 0 Å². The second-order valence-electron chi connectivity index (χ2n) is 5.95. The summed E-state index contributed by atoms with van der Waals surface area (Å²) in [6, 6.07) is 17.1. The van der Waals surface area contributed by atoms with Gasteiger partial charge in [-0.05, 0) is 48.9 Å². The number of nitrogens with zero attached hydrogens (tertiary/aromatic N) is 5. The molecule has 3 rings (SSSR count). The Morgan fingerprint density at radius 3 is 2.50 bits per heavy atom. The molecule has 0 N–H and O–H groups in total. The number of likely N-dealkylation sites (N-methyl/N-ethyl adjacent to an activating group) is 1. The van der Waals surface area contributed by atoms with Crippen molar-refractivity contribution in [2.24, 2.45) is 0 Å². The SMILES string of the molecule is CCN(Cc1ccccc1)C(=O)C(C)n1nnc(-c2ccc(Br)cc2)n1. The van der Waals surface area contributed by atoms with Crippen LogP contribution in [0.1, 0.15) is 25.5 Å². The van der Waals surface area contributed by atoms with Crippen LogP contribution in [0.5, 0.6) is 0 Å². The number of carbonyl (C=O) groups is 1. The van der Waals surface area contributed by atoms with Crippen molar-refractivity contribution in [2.45, 2.75) is 26.4 Å². The fraction of sp³-hybridized carbons (Fsp3) is 0.263. The Balaban J connectivity index is 1.74. The molecule has 0 saturated carbocycles. The molecule has 2 aromatic carbocycles. The number of hydrogen-bond acceptors (Lipinski definition) is 4. The van der Waals surface area contributed by atoms with Gasteiger partial charge in [-0.1, -0.05) is 46.3 Å². The van der Waals surface area contributed by atoms with Crippen molar-refractivity contribution in [1.82, 2.24) is 25.1 Å². The van der Waals surface area contributed by atoms with Crippen LogP contribution in [-0.2, 0) is 11.3 Å². The first-order valence-electron chi connectivity index (χ1n) is 8.46. The maximum atomic E-state index is 12.9. The van der Waals surface area contributed by atoms with Gasteiger partial charge in [-0.25, -0.2) is 0 Å². The Labute approximate surface area is 161 Å². The largest absolute Gasteiger partial charge is 0.337 e. The third-order valence-electron chi connectivity index (χ3n) is 4.14. The van der Waals surface area contributed by atoms with Crippen LogP contribution in [0.25, 0.3) is 11.4 Å². The number of benzene rings is 2. The van der Waals surface area contributed by atoms with Gasteiger partial charge < -0.3 is 4.90 Å². The van der Waals surface area contributed by atoms with E-state index in [-0.39, 0.29) is 5.91 Å². The fourth-order valence-electron chi connectivity index (χ4n) is 2.62. The van der Waals surface area contributed by atoms with Gasteiger partial charge in [0.1, 0.15) is 6.04 Å². The van der Waals surface area contributed by atoms with Gasteiger partial charge in [-0.3, -0.25) is 4.79 Å². The van der Waals surface area contributed by atoms with Crippen LogP contribution in [0.15, 0.2) is 59.1 Å². The number of amides is 1. The summed E-state index contributed by atoms with van der Waals surface area (Å²) in [5, 5.41) is 12.5. The minimum atomic E-state index is -0.518. The fourth-order valence-corrected chi connectivity index (χ4v) is 2.88. The van der Waals surface area contributed by atoms with Crippen molar-refractivity contribution in [2.75, 3.05) is 6.54 Å². The van der Waals surface area contributed by atoms with Gasteiger partial charge in [-0.15, -0.1) is 10.2 Å². The molecule has 134 valence electrons. The molecule has 0 aliphatic carbocycles. The van der Waals surface area contributed by atoms with Crippen LogP contribution in [0.2, 0.25) is 0 Å². The molecule has 6 nitrogen and oxygen atoms in total. The molecular formula is C19H20BrN5O. The lowest BCUT2D eigenvalue weighted by atomic mass is 10.2. The van der Waals surface area contributed by atoms with E-state index in [0.29, 0.717) is 18.9 Å². The van der Waals surface area contributed by atoms with Crippen molar-refractivity contribution in [1.29, 1.82) is 0 Å². The highest BCUT2D eigenvalue weighted by molar-refractivity contribution is 9.10. The van der Waals surface area contributed by atoms with Gasteiger partial charge in [0.05, 0.1) is 0 Å². The van der Waals surface area contributed by atoms with E-state index in [2.05, 4.69) is 31.3 Å². The van der Waals surface area contributed by atoms with Crippen LogP contribution in [0.4, 0.5) is 0 Å². The van der Waals surface area contributed by atoms with E-state index < -0.39 is 6.04 Å². The number of hydrogen-bond donors (Lipinski definition) is 0. The summed E-state index contributed by atoms with van der Waals surface area (Å²) in [7, 11) is 0. The molecule has 0 radical (unpaired) electrons. The third kappa shape index (κ3) is 4.16. The van der Waals surface area contributed by atoms with E-state index in [9.17, 15) is 4.79 Å². The van der Waals surface area contributed by atoms with Crippen molar-refractivity contribution >= 4 is 21.8 Å². The number of aromatic nitrogens is 4. The van der Waals surface area contributed by atoms with E-state index in [0.717, 1.165) is 15.6 Å². The average Bonchev–Trinajstić information content (AvgIpc) is 3.16. The minimum absolute atomic E-state index is 0.0314. The van der Waals surface area contributed by atoms with Gasteiger partial charge >= 0.3 is 0 Å². The van der Waals surface area contributed by atoms with Crippen LogP contribution < -0.4 is 0 Å². The molecule has 3 aromatic rings. The lowest BCUT2D eigenvalue weighted by Gasteiger charge is -2.23. The standard InChI is InChI=1S/C19H20BrN5O/c1-3-24(13-15-7-5-4-6-8-15)19(26)14(2)25-22-18(21-23-25)16-9-11-17(20)12-10-16/h4-12,14H,3,13H2,1-2H3. The molecule has 1 aromatic heterocycles. The topological polar surface area (TPSA) is 63.9 Å². The minimum Gasteiger partial charge on any atom is -0.337 e. The van der Waals surface area contributed by atoms with Crippen molar-refractivity contribution < 1.29 is 4.79 Å². The Hall–Kier alpha value is -2.54. The first kappa shape index (κ1) is 18.3. The predicted molar refractivity (Wildman–Crippen MR) is 103 cm³/mol. The van der Waals surface area contributed by atoms with E-state index in [4.69, 9.17) is 0 Å². The predicted octanol–water partition coefficient (Wildman–Crippen LogP) is 3.71. The van der Waals surface area contributed by atoms with Crippen molar-refractivity contribution in [3.05, 3.63) is 64.6 Å². The van der Waals surface area contributed by atoms with Crippen LogP contribution >= 0.6 is 15.9 Å². The van der Waals surface area contributed by atoms with E-state index in [1.54, 1.807) is 11.8 Å². The number of tetrazole rings is 1. The number of halogens is 1. The Kier molecular flexibility index (Phi) is 5.78. The molecular weight excluding hydrogens is 394 g/mol. The molecule has 1 unspecified atom stereocenters. The van der Waals surface area contributed by atoms with Gasteiger partial charge in [0, 0.05) is 23.1 Å². The molecule has 0 spiro atoms. The zero-order valence-corrected chi connectivity index (χ0v) is 16.3. The normalized spacial score (nSPS) is 12.0. The Morgan fingerprint density at radius 2 is 1.85 bits per heavy atom. The van der Waals surface area contributed by atoms with Gasteiger partial charge in [-0.2, -0.15) is 4.80 Å². The Morgan fingerprint density at radius 1 is 1.15 bits per heavy atom. The summed E-state index contributed by atoms with van der Waals surface area (Å²) in [5.41, 5.74) is 1.95. The van der Waals surface area contributed by atoms with Gasteiger partial charge in [0.15, 0.2) is 0 Å². The Bertz CT molecular complexity index is 863. The zero-order valence-electron chi connectivity index (χ0n) is 14.7. The average molecular weight is 414 g/mol. The van der Waals surface area contributed by atoms with E-state index in [1.165, 1.54) is 4.80 Å². The summed E-state index contributed by atoms with van der Waals surface area (Å²) in [6.45, 7) is 4.94. The van der Waals surface area contributed by atoms with Gasteiger partial charge in [0.25, 0.3) is 0 Å². The molecule has 0 bridgehead atoms. The van der Waals surface area contributed by atoms with Gasteiger partial charge in [0.2, 0.25) is 11.7 Å². The molecule has 0 aliphatic heterocycles. The maximum Gasteiger partial charge on any atom is 0.249 e. The zero-order chi connectivity index (χ0) is 18.5. The summed E-state index contributed by atoms with van der Waals surface area (Å²) >= 11 is 3.40. The molecule has 1 atom stereocenters. The van der Waals surface area contributed by atoms with Crippen molar-refractivity contribution in [3.63, 3.8) is 0 Å². The smallest absolute Gasteiger partial charge is 0.249 e. The first-order valence-corrected chi connectivity index (χ1v) is 9.26. The molecule has 0 fully saturated rings. The quantitative estimate of drug-likeness (QED) is 0.617. The van der Waals surface area contributed by atoms with Crippen LogP contribution in [-0.4, -0.2) is 37.6 Å². The highest BCUT2D eigenvalue weighted by Crippen LogP contribution is 2.19. The summed E-state index contributed by atoms with van der Waals surface area (Å²) in [4.78, 5) is 16.0. The number of rotatable bonds is 6. The highest BCUT2D eigenvalue weighted by atomic mass is 79.9. The molecule has 0 aliphatic rings. The second kappa shape index (κ2) is 8.23. The summed E-state index contributed by atoms with van der Waals surface area (Å²) in [6.07, 6.45) is 0. The lowest BCUT2D eigenvalue weighted by Crippen LogP contribution is -2.36. The second-order valence-corrected chi connectivity index (χ2v) is 6.87. The molecule has 0 saturated heterocycles. The first-order chi connectivity index (χ1) is 12.6. The van der Waals surface area contributed by atoms with E-state index >= 15 is 0 Å².